The van der Waals surface area contributed by atoms with Crippen LogP contribution in [-0.4, -0.2) is 35.2 Å². The van der Waals surface area contributed by atoms with Crippen molar-refractivity contribution in [3.8, 4) is 0 Å². The summed E-state index contributed by atoms with van der Waals surface area (Å²) in [6.45, 7) is 1.40. The maximum atomic E-state index is 11.4. The summed E-state index contributed by atoms with van der Waals surface area (Å²) in [6.07, 6.45) is 1.22. The largest absolute Gasteiger partial charge is 0.443 e. The predicted molar refractivity (Wildman–Crippen MR) is 54.0 cm³/mol. The molecule has 2 heterocycles. The number of cyclic esters (lactones) is 1. The number of amides is 1. The molecular weight excluding hydrogens is 194 g/mol. The van der Waals surface area contributed by atoms with Gasteiger partial charge in [0.25, 0.3) is 0 Å². The lowest BCUT2D eigenvalue weighted by molar-refractivity contribution is 0.134. The van der Waals surface area contributed by atoms with E-state index in [1.807, 2.05) is 18.2 Å². The van der Waals surface area contributed by atoms with E-state index in [4.69, 9.17) is 10.5 Å². The molecule has 2 rings (SSSR count). The van der Waals surface area contributed by atoms with Crippen LogP contribution in [0.5, 0.6) is 0 Å². The van der Waals surface area contributed by atoms with Gasteiger partial charge in [-0.1, -0.05) is 6.07 Å². The fourth-order valence-electron chi connectivity index (χ4n) is 1.51. The topological polar surface area (TPSA) is 68.5 Å². The Hall–Kier alpha value is -1.62. The Bertz CT molecular complexity index is 342. The third-order valence-electron chi connectivity index (χ3n) is 2.29. The lowest BCUT2D eigenvalue weighted by atomic mass is 10.3. The number of rotatable bonds is 3. The summed E-state index contributed by atoms with van der Waals surface area (Å²) in [6, 6.07) is 5.61. The van der Waals surface area contributed by atoms with Gasteiger partial charge in [-0.05, 0) is 12.1 Å². The van der Waals surface area contributed by atoms with Crippen molar-refractivity contribution >= 4 is 6.09 Å². The van der Waals surface area contributed by atoms with Gasteiger partial charge < -0.3 is 10.5 Å². The molecule has 1 fully saturated rings. The van der Waals surface area contributed by atoms with Crippen LogP contribution in [0.15, 0.2) is 24.4 Å². The lowest BCUT2D eigenvalue weighted by Crippen LogP contribution is -2.27. The second-order valence-corrected chi connectivity index (χ2v) is 3.44. The van der Waals surface area contributed by atoms with Crippen molar-refractivity contribution in [3.05, 3.63) is 30.1 Å². The third kappa shape index (κ3) is 2.24. The molecule has 0 spiro atoms. The highest BCUT2D eigenvalue weighted by Gasteiger charge is 2.30. The molecule has 1 saturated heterocycles. The Morgan fingerprint density at radius 2 is 2.47 bits per heavy atom. The summed E-state index contributed by atoms with van der Waals surface area (Å²) < 4.78 is 5.03. The SMILES string of the molecule is NCC1CN(Cc2ccccn2)C(=O)O1. The average molecular weight is 207 g/mol. The quantitative estimate of drug-likeness (QED) is 0.777. The van der Waals surface area contributed by atoms with E-state index < -0.39 is 0 Å². The Morgan fingerprint density at radius 1 is 1.60 bits per heavy atom. The normalized spacial score (nSPS) is 20.5. The zero-order valence-electron chi connectivity index (χ0n) is 8.30. The summed E-state index contributed by atoms with van der Waals surface area (Å²) in [5.41, 5.74) is 6.29. The Morgan fingerprint density at radius 3 is 3.07 bits per heavy atom. The highest BCUT2D eigenvalue weighted by molar-refractivity contribution is 5.69. The van der Waals surface area contributed by atoms with Gasteiger partial charge in [-0.25, -0.2) is 4.79 Å². The van der Waals surface area contributed by atoms with E-state index in [0.717, 1.165) is 5.69 Å². The molecule has 1 aliphatic rings. The first-order valence-corrected chi connectivity index (χ1v) is 4.85. The number of carbonyl (C=O) groups excluding carboxylic acids is 1. The van der Waals surface area contributed by atoms with Crippen molar-refractivity contribution in [3.63, 3.8) is 0 Å². The number of pyridine rings is 1. The molecule has 1 amide bonds. The van der Waals surface area contributed by atoms with Gasteiger partial charge in [0, 0.05) is 12.7 Å². The van der Waals surface area contributed by atoms with Gasteiger partial charge in [0.05, 0.1) is 18.8 Å². The van der Waals surface area contributed by atoms with Crippen molar-refractivity contribution in [1.29, 1.82) is 0 Å². The second-order valence-electron chi connectivity index (χ2n) is 3.44. The number of nitrogens with zero attached hydrogens (tertiary/aromatic N) is 2. The molecule has 15 heavy (non-hydrogen) atoms. The average Bonchev–Trinajstić information content (AvgIpc) is 2.61. The van der Waals surface area contributed by atoms with Crippen LogP contribution in [0.1, 0.15) is 5.69 Å². The minimum Gasteiger partial charge on any atom is -0.443 e. The molecule has 0 aliphatic carbocycles. The molecule has 1 atom stereocenters. The molecule has 1 aromatic heterocycles. The first-order chi connectivity index (χ1) is 7.29. The predicted octanol–water partition coefficient (Wildman–Crippen LogP) is 0.361. The Kier molecular flexibility index (Phi) is 2.82. The number of ether oxygens (including phenoxy) is 1. The molecule has 5 heteroatoms. The van der Waals surface area contributed by atoms with Crippen LogP contribution in [0.2, 0.25) is 0 Å². The van der Waals surface area contributed by atoms with E-state index in [-0.39, 0.29) is 12.2 Å². The van der Waals surface area contributed by atoms with Crippen molar-refractivity contribution in [2.75, 3.05) is 13.1 Å². The number of carbonyl (C=O) groups is 1. The van der Waals surface area contributed by atoms with Crippen molar-refractivity contribution in [1.82, 2.24) is 9.88 Å². The van der Waals surface area contributed by atoms with Gasteiger partial charge in [0.1, 0.15) is 6.10 Å². The summed E-state index contributed by atoms with van der Waals surface area (Å²) >= 11 is 0. The zero-order valence-corrected chi connectivity index (χ0v) is 8.30. The Balaban J connectivity index is 1.99. The van der Waals surface area contributed by atoms with Gasteiger partial charge in [0.2, 0.25) is 0 Å². The number of aromatic nitrogens is 1. The van der Waals surface area contributed by atoms with Gasteiger partial charge in [-0.15, -0.1) is 0 Å². The monoisotopic (exact) mass is 207 g/mol. The summed E-state index contributed by atoms with van der Waals surface area (Å²) in [5.74, 6) is 0. The first-order valence-electron chi connectivity index (χ1n) is 4.85. The zero-order chi connectivity index (χ0) is 10.7. The molecule has 1 unspecified atom stereocenters. The highest BCUT2D eigenvalue weighted by atomic mass is 16.6. The van der Waals surface area contributed by atoms with Crippen LogP contribution in [0, 0.1) is 0 Å². The van der Waals surface area contributed by atoms with E-state index in [2.05, 4.69) is 4.98 Å². The molecule has 2 N–H and O–H groups in total. The molecule has 0 radical (unpaired) electrons. The number of nitrogens with two attached hydrogens (primary N) is 1. The standard InChI is InChI=1S/C10H13N3O2/c11-5-9-7-13(10(14)15-9)6-8-3-1-2-4-12-8/h1-4,9H,5-7,11H2. The molecule has 1 aromatic rings. The molecule has 80 valence electrons. The minimum absolute atomic E-state index is 0.179. The molecule has 5 nitrogen and oxygen atoms in total. The fourth-order valence-corrected chi connectivity index (χ4v) is 1.51. The number of hydrogen-bond donors (Lipinski definition) is 1. The van der Waals surface area contributed by atoms with Gasteiger partial charge in [0.15, 0.2) is 0 Å². The van der Waals surface area contributed by atoms with E-state index in [9.17, 15) is 4.79 Å². The van der Waals surface area contributed by atoms with Crippen LogP contribution in [-0.2, 0) is 11.3 Å². The smallest absolute Gasteiger partial charge is 0.410 e. The maximum Gasteiger partial charge on any atom is 0.410 e. The third-order valence-corrected chi connectivity index (χ3v) is 2.29. The minimum atomic E-state index is -0.309. The van der Waals surface area contributed by atoms with Gasteiger partial charge in [-0.2, -0.15) is 0 Å². The van der Waals surface area contributed by atoms with E-state index in [0.29, 0.717) is 19.6 Å². The highest BCUT2D eigenvalue weighted by Crippen LogP contribution is 2.12. The van der Waals surface area contributed by atoms with Crippen LogP contribution in [0.3, 0.4) is 0 Å². The molecule has 0 saturated carbocycles. The molecule has 0 bridgehead atoms. The van der Waals surface area contributed by atoms with E-state index in [1.54, 1.807) is 11.1 Å². The molecular formula is C10H13N3O2. The molecule has 0 aromatic carbocycles. The first kappa shape index (κ1) is 9.92. The Labute approximate surface area is 87.8 Å². The van der Waals surface area contributed by atoms with Crippen LogP contribution in [0.25, 0.3) is 0 Å². The van der Waals surface area contributed by atoms with Crippen LogP contribution >= 0.6 is 0 Å². The van der Waals surface area contributed by atoms with E-state index in [1.165, 1.54) is 0 Å². The van der Waals surface area contributed by atoms with Crippen molar-refractivity contribution in [2.24, 2.45) is 5.73 Å². The van der Waals surface area contributed by atoms with Crippen LogP contribution < -0.4 is 5.73 Å². The summed E-state index contributed by atoms with van der Waals surface area (Å²) in [5, 5.41) is 0. The van der Waals surface area contributed by atoms with Gasteiger partial charge in [-0.3, -0.25) is 9.88 Å². The van der Waals surface area contributed by atoms with Crippen molar-refractivity contribution in [2.45, 2.75) is 12.6 Å². The van der Waals surface area contributed by atoms with Crippen molar-refractivity contribution < 1.29 is 9.53 Å². The summed E-state index contributed by atoms with van der Waals surface area (Å²) in [4.78, 5) is 17.1. The van der Waals surface area contributed by atoms with E-state index >= 15 is 0 Å². The van der Waals surface area contributed by atoms with Gasteiger partial charge >= 0.3 is 6.09 Å². The maximum absolute atomic E-state index is 11.4. The van der Waals surface area contributed by atoms with Crippen LogP contribution in [0.4, 0.5) is 4.79 Å². The molecule has 1 aliphatic heterocycles. The second kappa shape index (κ2) is 4.27. The fraction of sp³-hybridized carbons (Fsp3) is 0.400. The lowest BCUT2D eigenvalue weighted by Gasteiger charge is -2.11. The summed E-state index contributed by atoms with van der Waals surface area (Å²) in [7, 11) is 0. The number of hydrogen-bond acceptors (Lipinski definition) is 4.